The van der Waals surface area contributed by atoms with Gasteiger partial charge in [0.05, 0.1) is 23.8 Å². The second-order valence-electron chi connectivity index (χ2n) is 7.14. The van der Waals surface area contributed by atoms with Gasteiger partial charge in [-0.1, -0.05) is 57.2 Å². The third kappa shape index (κ3) is 6.05. The molecular formula is C22H29N3O2. The number of carbonyl (C=O) groups excluding carboxylic acids is 1. The number of para-hydroxylation sites is 1. The number of rotatable bonds is 10. The summed E-state index contributed by atoms with van der Waals surface area (Å²) in [5, 5.41) is 5.03. The smallest absolute Gasteiger partial charge is 0.249 e. The van der Waals surface area contributed by atoms with Crippen LogP contribution in [0.3, 0.4) is 0 Å². The lowest BCUT2D eigenvalue weighted by Gasteiger charge is -2.13. The van der Waals surface area contributed by atoms with E-state index in [1.807, 2.05) is 36.4 Å². The van der Waals surface area contributed by atoms with Gasteiger partial charge < -0.3 is 4.74 Å². The Kier molecular flexibility index (Phi) is 7.19. The lowest BCUT2D eigenvalue weighted by atomic mass is 10.1. The van der Waals surface area contributed by atoms with Gasteiger partial charge in [-0.15, -0.1) is 0 Å². The molecule has 0 radical (unpaired) electrons. The van der Waals surface area contributed by atoms with Crippen molar-refractivity contribution in [1.82, 2.24) is 9.78 Å². The second-order valence-corrected chi connectivity index (χ2v) is 7.14. The molecule has 1 amide bonds. The van der Waals surface area contributed by atoms with Gasteiger partial charge in [-0.2, -0.15) is 5.10 Å². The van der Waals surface area contributed by atoms with Crippen molar-refractivity contribution in [1.29, 1.82) is 0 Å². The monoisotopic (exact) mass is 367 g/mol. The zero-order valence-corrected chi connectivity index (χ0v) is 16.1. The third-order valence-electron chi connectivity index (χ3n) is 4.70. The molecule has 5 nitrogen and oxygen atoms in total. The van der Waals surface area contributed by atoms with Gasteiger partial charge >= 0.3 is 0 Å². The Balaban J connectivity index is 1.70. The largest absolute Gasteiger partial charge is 0.478 e. The normalized spacial score (nSPS) is 14.3. The number of nitrogens with zero attached hydrogens (tertiary/aromatic N) is 3. The Morgan fingerprint density at radius 1 is 1.15 bits per heavy atom. The standard InChI is InChI=1S/C22H29N3O2/c1-2-3-4-5-6-10-15-27-21-16-19(24-22(26)18-13-14-18)17-23-25(21)20-11-8-7-9-12-20/h7-9,11-12,16-18H,2-6,10,13-15H2,1H3/b24-19+. The van der Waals surface area contributed by atoms with Crippen LogP contribution in [0.1, 0.15) is 58.3 Å². The average Bonchev–Trinajstić information content (AvgIpc) is 3.54. The van der Waals surface area contributed by atoms with Crippen molar-refractivity contribution in [2.45, 2.75) is 58.3 Å². The van der Waals surface area contributed by atoms with Gasteiger partial charge in [-0.25, -0.2) is 9.67 Å². The zero-order valence-electron chi connectivity index (χ0n) is 16.1. The van der Waals surface area contributed by atoms with E-state index >= 15 is 0 Å². The van der Waals surface area contributed by atoms with E-state index in [0.717, 1.165) is 24.9 Å². The summed E-state index contributed by atoms with van der Waals surface area (Å²) >= 11 is 0. The molecule has 1 saturated carbocycles. The molecule has 1 aliphatic carbocycles. The predicted octanol–water partition coefficient (Wildman–Crippen LogP) is 4.45. The maximum atomic E-state index is 12.0. The lowest BCUT2D eigenvalue weighted by molar-refractivity contribution is -0.119. The van der Waals surface area contributed by atoms with Crippen molar-refractivity contribution in [2.24, 2.45) is 10.9 Å². The molecule has 1 aliphatic rings. The van der Waals surface area contributed by atoms with Crippen LogP contribution >= 0.6 is 0 Å². The van der Waals surface area contributed by atoms with Gasteiger partial charge in [0.1, 0.15) is 0 Å². The maximum Gasteiger partial charge on any atom is 0.249 e. The molecule has 0 saturated heterocycles. The molecule has 0 bridgehead atoms. The van der Waals surface area contributed by atoms with Crippen molar-refractivity contribution in [3.63, 3.8) is 0 Å². The van der Waals surface area contributed by atoms with E-state index in [1.165, 1.54) is 32.1 Å². The minimum Gasteiger partial charge on any atom is -0.478 e. The summed E-state index contributed by atoms with van der Waals surface area (Å²) in [7, 11) is 0. The quantitative estimate of drug-likeness (QED) is 0.583. The summed E-state index contributed by atoms with van der Waals surface area (Å²) in [5.41, 5.74) is 0.926. The summed E-state index contributed by atoms with van der Waals surface area (Å²) in [6.45, 7) is 2.87. The summed E-state index contributed by atoms with van der Waals surface area (Å²) < 4.78 is 7.79. The minimum absolute atomic E-state index is 0.0452. The van der Waals surface area contributed by atoms with Crippen LogP contribution in [0.4, 0.5) is 0 Å². The summed E-state index contributed by atoms with van der Waals surface area (Å²) in [4.78, 5) is 16.2. The van der Waals surface area contributed by atoms with Crippen LogP contribution in [0.5, 0.6) is 5.88 Å². The first kappa shape index (κ1) is 19.3. The summed E-state index contributed by atoms with van der Waals surface area (Å²) in [5.74, 6) is 0.690. The fourth-order valence-electron chi connectivity index (χ4n) is 2.93. The van der Waals surface area contributed by atoms with E-state index in [0.29, 0.717) is 17.8 Å². The number of amides is 1. The molecule has 0 atom stereocenters. The average molecular weight is 367 g/mol. The van der Waals surface area contributed by atoms with Crippen LogP contribution in [0.15, 0.2) is 47.6 Å². The number of hydrogen-bond donors (Lipinski definition) is 0. The Morgan fingerprint density at radius 2 is 1.89 bits per heavy atom. The molecule has 1 heterocycles. The molecule has 0 unspecified atom stereocenters. The minimum atomic E-state index is -0.0452. The molecule has 27 heavy (non-hydrogen) atoms. The Morgan fingerprint density at radius 3 is 2.63 bits per heavy atom. The first-order valence-electron chi connectivity index (χ1n) is 10.1. The first-order chi connectivity index (χ1) is 13.3. The van der Waals surface area contributed by atoms with Gasteiger partial charge in [-0.05, 0) is 31.4 Å². The Bertz CT molecular complexity index is 795. The van der Waals surface area contributed by atoms with E-state index in [2.05, 4.69) is 17.0 Å². The number of aromatic nitrogens is 2. The Labute approximate surface area is 161 Å². The highest BCUT2D eigenvalue weighted by molar-refractivity contribution is 5.81. The summed E-state index contributed by atoms with van der Waals surface area (Å²) in [6, 6.07) is 11.7. The highest BCUT2D eigenvalue weighted by Crippen LogP contribution is 2.29. The molecule has 0 spiro atoms. The number of unbranched alkanes of at least 4 members (excludes halogenated alkanes) is 5. The van der Waals surface area contributed by atoms with Gasteiger partial charge in [0, 0.05) is 12.0 Å². The second kappa shape index (κ2) is 10.0. The molecule has 0 aliphatic heterocycles. The van der Waals surface area contributed by atoms with Crippen LogP contribution in [0.25, 0.3) is 5.69 Å². The van der Waals surface area contributed by atoms with Crippen molar-refractivity contribution in [3.05, 3.63) is 48.0 Å². The highest BCUT2D eigenvalue weighted by atomic mass is 16.5. The van der Waals surface area contributed by atoms with Gasteiger partial charge in [0.2, 0.25) is 11.8 Å². The van der Waals surface area contributed by atoms with Gasteiger partial charge in [0.25, 0.3) is 0 Å². The Hall–Kier alpha value is -2.43. The molecule has 2 aromatic rings. The summed E-state index contributed by atoms with van der Waals surface area (Å²) in [6.07, 6.45) is 10.8. The molecule has 5 heteroatoms. The maximum absolute atomic E-state index is 12.0. The third-order valence-corrected chi connectivity index (χ3v) is 4.70. The number of carbonyl (C=O) groups is 1. The van der Waals surface area contributed by atoms with E-state index < -0.39 is 0 Å². The molecular weight excluding hydrogens is 338 g/mol. The van der Waals surface area contributed by atoms with E-state index in [9.17, 15) is 4.79 Å². The zero-order chi connectivity index (χ0) is 18.9. The van der Waals surface area contributed by atoms with E-state index in [1.54, 1.807) is 10.9 Å². The fourth-order valence-corrected chi connectivity index (χ4v) is 2.93. The number of hydrogen-bond acceptors (Lipinski definition) is 3. The van der Waals surface area contributed by atoms with Crippen LogP contribution < -0.4 is 10.1 Å². The van der Waals surface area contributed by atoms with E-state index in [4.69, 9.17) is 4.74 Å². The van der Waals surface area contributed by atoms with Crippen LogP contribution in [-0.2, 0) is 4.79 Å². The lowest BCUT2D eigenvalue weighted by Crippen LogP contribution is -2.16. The first-order valence-corrected chi connectivity index (χ1v) is 10.1. The topological polar surface area (TPSA) is 56.5 Å². The highest BCUT2D eigenvalue weighted by Gasteiger charge is 2.29. The van der Waals surface area contributed by atoms with Gasteiger partial charge in [-0.3, -0.25) is 4.79 Å². The molecule has 1 aromatic heterocycles. The molecule has 1 fully saturated rings. The molecule has 3 rings (SSSR count). The number of ether oxygens (including phenoxy) is 1. The van der Waals surface area contributed by atoms with Crippen molar-refractivity contribution >= 4 is 5.91 Å². The molecule has 0 N–H and O–H groups in total. The van der Waals surface area contributed by atoms with Crippen LogP contribution in [-0.4, -0.2) is 22.3 Å². The number of benzene rings is 1. The van der Waals surface area contributed by atoms with Crippen LogP contribution in [0.2, 0.25) is 0 Å². The van der Waals surface area contributed by atoms with Gasteiger partial charge in [0.15, 0.2) is 0 Å². The molecule has 1 aromatic carbocycles. The predicted molar refractivity (Wildman–Crippen MR) is 106 cm³/mol. The fraction of sp³-hybridized carbons (Fsp3) is 0.500. The van der Waals surface area contributed by atoms with Crippen molar-refractivity contribution in [2.75, 3.05) is 6.61 Å². The van der Waals surface area contributed by atoms with Crippen molar-refractivity contribution in [3.8, 4) is 11.6 Å². The van der Waals surface area contributed by atoms with Crippen LogP contribution in [0, 0.1) is 5.92 Å². The van der Waals surface area contributed by atoms with Crippen molar-refractivity contribution < 1.29 is 9.53 Å². The SMILES string of the molecule is CCCCCCCCOc1c/c(=N\C(=O)C2CC2)cnn1-c1ccccc1. The van der Waals surface area contributed by atoms with E-state index in [-0.39, 0.29) is 11.8 Å². The molecule has 144 valence electrons.